The van der Waals surface area contributed by atoms with Gasteiger partial charge in [-0.3, -0.25) is 9.36 Å². The summed E-state index contributed by atoms with van der Waals surface area (Å²) in [6.45, 7) is 7.83. The predicted octanol–water partition coefficient (Wildman–Crippen LogP) is 2.23. The van der Waals surface area contributed by atoms with Gasteiger partial charge in [-0.1, -0.05) is 13.8 Å². The van der Waals surface area contributed by atoms with Crippen LogP contribution in [-0.2, 0) is 20.1 Å². The molecule has 0 amide bonds. The Morgan fingerprint density at radius 2 is 2.16 bits per heavy atom. The number of aromatic nitrogens is 4. The van der Waals surface area contributed by atoms with Crippen LogP contribution in [0.25, 0.3) is 0 Å². The van der Waals surface area contributed by atoms with E-state index in [0.29, 0.717) is 6.04 Å². The van der Waals surface area contributed by atoms with Gasteiger partial charge in [0.05, 0.1) is 28.1 Å². The van der Waals surface area contributed by atoms with E-state index in [0.717, 1.165) is 29.0 Å². The third kappa shape index (κ3) is 3.25. The lowest BCUT2D eigenvalue weighted by atomic mass is 10.3. The molecule has 0 aliphatic carbocycles. The summed E-state index contributed by atoms with van der Waals surface area (Å²) in [6.07, 6.45) is 1.84. The number of nitrogens with zero attached hydrogens (tertiary/aromatic N) is 4. The zero-order valence-corrected chi connectivity index (χ0v) is 13.4. The molecule has 104 valence electrons. The molecule has 0 saturated carbocycles. The first-order chi connectivity index (χ1) is 8.99. The molecule has 0 radical (unpaired) electrons. The van der Waals surface area contributed by atoms with E-state index in [2.05, 4.69) is 45.3 Å². The highest BCUT2D eigenvalue weighted by atomic mass is 79.9. The Balaban J connectivity index is 2.17. The van der Waals surface area contributed by atoms with Crippen LogP contribution in [0.3, 0.4) is 0 Å². The second-order valence-corrected chi connectivity index (χ2v) is 5.78. The van der Waals surface area contributed by atoms with Crippen molar-refractivity contribution in [3.8, 4) is 0 Å². The van der Waals surface area contributed by atoms with Crippen LogP contribution in [-0.4, -0.2) is 25.6 Å². The van der Waals surface area contributed by atoms with Gasteiger partial charge >= 0.3 is 0 Å². The molecular weight excluding hydrogens is 306 g/mol. The maximum absolute atomic E-state index is 4.41. The average molecular weight is 326 g/mol. The van der Waals surface area contributed by atoms with Crippen molar-refractivity contribution < 1.29 is 0 Å². The standard InChI is InChI=1S/C13H20BrN5/c1-9(2)15-7-11-5-6-16-19(11)8-12-13(14)10(3)17-18(12)4/h5-6,9,15H,7-8H2,1-4H3. The second-order valence-electron chi connectivity index (χ2n) is 4.99. The van der Waals surface area contributed by atoms with Crippen molar-refractivity contribution in [1.29, 1.82) is 0 Å². The summed E-state index contributed by atoms with van der Waals surface area (Å²) in [4.78, 5) is 0. The van der Waals surface area contributed by atoms with Crippen molar-refractivity contribution in [3.63, 3.8) is 0 Å². The summed E-state index contributed by atoms with van der Waals surface area (Å²) < 4.78 is 4.98. The van der Waals surface area contributed by atoms with E-state index in [1.807, 2.05) is 35.6 Å². The van der Waals surface area contributed by atoms with Gasteiger partial charge in [0.15, 0.2) is 0 Å². The van der Waals surface area contributed by atoms with Crippen molar-refractivity contribution in [3.05, 3.63) is 33.8 Å². The van der Waals surface area contributed by atoms with Gasteiger partial charge < -0.3 is 5.32 Å². The Hall–Kier alpha value is -1.14. The quantitative estimate of drug-likeness (QED) is 0.917. The molecule has 19 heavy (non-hydrogen) atoms. The number of nitrogens with one attached hydrogen (secondary N) is 1. The zero-order chi connectivity index (χ0) is 14.0. The molecule has 2 aromatic rings. The third-order valence-corrected chi connectivity index (χ3v) is 4.09. The molecule has 0 unspecified atom stereocenters. The van der Waals surface area contributed by atoms with Crippen LogP contribution < -0.4 is 5.32 Å². The SMILES string of the molecule is Cc1nn(C)c(Cn2nccc2CNC(C)C)c1Br. The molecule has 2 rings (SSSR count). The monoisotopic (exact) mass is 325 g/mol. The van der Waals surface area contributed by atoms with Gasteiger partial charge in [-0.25, -0.2) is 0 Å². The Kier molecular flexibility index (Phi) is 4.42. The summed E-state index contributed by atoms with van der Waals surface area (Å²) in [5.41, 5.74) is 3.32. The largest absolute Gasteiger partial charge is 0.309 e. The molecular formula is C13H20BrN5. The van der Waals surface area contributed by atoms with E-state index >= 15 is 0 Å². The van der Waals surface area contributed by atoms with Crippen LogP contribution in [0.2, 0.25) is 0 Å². The number of hydrogen-bond donors (Lipinski definition) is 1. The smallest absolute Gasteiger partial charge is 0.0843 e. The Bertz CT molecular complexity index is 555. The first-order valence-corrected chi connectivity index (χ1v) is 7.20. The lowest BCUT2D eigenvalue weighted by Crippen LogP contribution is -2.24. The molecule has 0 aliphatic rings. The number of halogens is 1. The normalized spacial score (nSPS) is 11.5. The van der Waals surface area contributed by atoms with Crippen LogP contribution in [0, 0.1) is 6.92 Å². The van der Waals surface area contributed by atoms with Gasteiger partial charge in [0.25, 0.3) is 0 Å². The average Bonchev–Trinajstić information content (AvgIpc) is 2.87. The summed E-state index contributed by atoms with van der Waals surface area (Å²) >= 11 is 3.59. The summed E-state index contributed by atoms with van der Waals surface area (Å²) in [7, 11) is 1.96. The molecule has 1 N–H and O–H groups in total. The molecule has 6 heteroatoms. The van der Waals surface area contributed by atoms with Crippen molar-refractivity contribution in [1.82, 2.24) is 24.9 Å². The minimum Gasteiger partial charge on any atom is -0.309 e. The minimum absolute atomic E-state index is 0.467. The van der Waals surface area contributed by atoms with E-state index in [1.54, 1.807) is 0 Å². The number of aryl methyl sites for hydroxylation is 2. The Labute approximate surface area is 122 Å². The lowest BCUT2D eigenvalue weighted by Gasteiger charge is -2.11. The number of rotatable bonds is 5. The molecule has 0 fully saturated rings. The fraction of sp³-hybridized carbons (Fsp3) is 0.538. The first-order valence-electron chi connectivity index (χ1n) is 6.41. The molecule has 0 spiro atoms. The molecule has 2 heterocycles. The van der Waals surface area contributed by atoms with Crippen LogP contribution >= 0.6 is 15.9 Å². The zero-order valence-electron chi connectivity index (χ0n) is 11.8. The number of hydrogen-bond acceptors (Lipinski definition) is 3. The van der Waals surface area contributed by atoms with E-state index in [4.69, 9.17) is 0 Å². The molecule has 0 aliphatic heterocycles. The summed E-state index contributed by atoms with van der Waals surface area (Å²) in [5.74, 6) is 0. The second kappa shape index (κ2) is 5.88. The van der Waals surface area contributed by atoms with Gasteiger partial charge in [0.2, 0.25) is 0 Å². The molecule has 5 nitrogen and oxygen atoms in total. The fourth-order valence-electron chi connectivity index (χ4n) is 1.96. The maximum Gasteiger partial charge on any atom is 0.0843 e. The highest BCUT2D eigenvalue weighted by molar-refractivity contribution is 9.10. The van der Waals surface area contributed by atoms with Gasteiger partial charge in [0, 0.05) is 25.8 Å². The molecule has 2 aromatic heterocycles. The van der Waals surface area contributed by atoms with Gasteiger partial charge in [-0.05, 0) is 28.9 Å². The van der Waals surface area contributed by atoms with E-state index < -0.39 is 0 Å². The van der Waals surface area contributed by atoms with E-state index in [-0.39, 0.29) is 0 Å². The van der Waals surface area contributed by atoms with Gasteiger partial charge in [-0.2, -0.15) is 10.2 Å². The van der Waals surface area contributed by atoms with E-state index in [1.165, 1.54) is 5.69 Å². The van der Waals surface area contributed by atoms with E-state index in [9.17, 15) is 0 Å². The van der Waals surface area contributed by atoms with Crippen LogP contribution in [0.1, 0.15) is 30.9 Å². The molecule has 0 saturated heterocycles. The molecule has 0 aromatic carbocycles. The Morgan fingerprint density at radius 3 is 2.74 bits per heavy atom. The van der Waals surface area contributed by atoms with Gasteiger partial charge in [-0.15, -0.1) is 0 Å². The van der Waals surface area contributed by atoms with Crippen molar-refractivity contribution >= 4 is 15.9 Å². The minimum atomic E-state index is 0.467. The summed E-state index contributed by atoms with van der Waals surface area (Å²) in [6, 6.07) is 2.51. The van der Waals surface area contributed by atoms with Crippen LogP contribution in [0.4, 0.5) is 0 Å². The Morgan fingerprint density at radius 1 is 1.42 bits per heavy atom. The van der Waals surface area contributed by atoms with Gasteiger partial charge in [0.1, 0.15) is 0 Å². The maximum atomic E-state index is 4.41. The van der Waals surface area contributed by atoms with Crippen LogP contribution in [0.5, 0.6) is 0 Å². The summed E-state index contributed by atoms with van der Waals surface area (Å²) in [5, 5.41) is 12.2. The lowest BCUT2D eigenvalue weighted by molar-refractivity contribution is 0.536. The molecule has 0 atom stereocenters. The first kappa shape index (κ1) is 14.3. The van der Waals surface area contributed by atoms with Crippen LogP contribution in [0.15, 0.2) is 16.7 Å². The highest BCUT2D eigenvalue weighted by Gasteiger charge is 2.13. The highest BCUT2D eigenvalue weighted by Crippen LogP contribution is 2.21. The molecule has 0 bridgehead atoms. The third-order valence-electron chi connectivity index (χ3n) is 3.06. The van der Waals surface area contributed by atoms with Crippen molar-refractivity contribution in [2.45, 2.75) is 39.9 Å². The predicted molar refractivity (Wildman–Crippen MR) is 78.9 cm³/mol. The van der Waals surface area contributed by atoms with Crippen molar-refractivity contribution in [2.75, 3.05) is 0 Å². The van der Waals surface area contributed by atoms with Crippen molar-refractivity contribution in [2.24, 2.45) is 7.05 Å². The fourth-order valence-corrected chi connectivity index (χ4v) is 2.42. The topological polar surface area (TPSA) is 47.7 Å².